The molecule has 1 saturated heterocycles. The predicted octanol–water partition coefficient (Wildman–Crippen LogP) is 1.85. The topological polar surface area (TPSA) is 106 Å². The number of rotatable bonds is 2. The summed E-state index contributed by atoms with van der Waals surface area (Å²) in [7, 11) is 0. The third kappa shape index (κ3) is 2.80. The Morgan fingerprint density at radius 2 is 2.07 bits per heavy atom. The van der Waals surface area contributed by atoms with Crippen molar-refractivity contribution >= 4 is 23.4 Å². The van der Waals surface area contributed by atoms with Gasteiger partial charge in [-0.3, -0.25) is 9.78 Å². The van der Waals surface area contributed by atoms with E-state index in [1.807, 2.05) is 12.1 Å². The Labute approximate surface area is 162 Å². The van der Waals surface area contributed by atoms with E-state index in [2.05, 4.69) is 20.2 Å². The Kier molecular flexibility index (Phi) is 4.20. The molecule has 3 aliphatic rings. The van der Waals surface area contributed by atoms with E-state index in [4.69, 9.17) is 15.5 Å². The number of Topliss-reactive ketones (excluding diaryl/α,β-unsaturated/α-hetero) is 1. The highest BCUT2D eigenvalue weighted by molar-refractivity contribution is 6.01. The summed E-state index contributed by atoms with van der Waals surface area (Å²) in [5.41, 5.74) is 9.86. The number of nitrogens with two attached hydrogens (primary N) is 1. The van der Waals surface area contributed by atoms with Gasteiger partial charge in [-0.05, 0) is 24.5 Å². The Hall–Kier alpha value is -3.00. The van der Waals surface area contributed by atoms with E-state index in [0.29, 0.717) is 37.2 Å². The van der Waals surface area contributed by atoms with Gasteiger partial charge in [-0.1, -0.05) is 6.07 Å². The molecule has 1 aliphatic carbocycles. The summed E-state index contributed by atoms with van der Waals surface area (Å²) in [4.78, 5) is 28.5. The van der Waals surface area contributed by atoms with Crippen LogP contribution in [0, 0.1) is 0 Å². The van der Waals surface area contributed by atoms with Crippen LogP contribution in [0.15, 0.2) is 35.8 Å². The van der Waals surface area contributed by atoms with Gasteiger partial charge >= 0.3 is 0 Å². The molecule has 0 radical (unpaired) electrons. The van der Waals surface area contributed by atoms with Crippen LogP contribution in [-0.4, -0.2) is 47.0 Å². The van der Waals surface area contributed by atoms with E-state index in [9.17, 15) is 4.79 Å². The third-order valence-corrected chi connectivity index (χ3v) is 5.58. The number of nitrogens with zero attached hydrogens (tertiary/aromatic N) is 4. The first-order valence-electron chi connectivity index (χ1n) is 9.65. The van der Waals surface area contributed by atoms with Crippen molar-refractivity contribution in [1.82, 2.24) is 15.0 Å². The van der Waals surface area contributed by atoms with Crippen LogP contribution in [0.2, 0.25) is 0 Å². The summed E-state index contributed by atoms with van der Waals surface area (Å²) < 4.78 is 5.43. The van der Waals surface area contributed by atoms with Crippen LogP contribution in [-0.2, 0) is 9.53 Å². The first-order valence-corrected chi connectivity index (χ1v) is 9.65. The van der Waals surface area contributed by atoms with Crippen LogP contribution in [0.3, 0.4) is 0 Å². The molecule has 5 rings (SSSR count). The van der Waals surface area contributed by atoms with Crippen LogP contribution < -0.4 is 16.0 Å². The lowest BCUT2D eigenvalue weighted by molar-refractivity contribution is -0.116. The monoisotopic (exact) mass is 378 g/mol. The van der Waals surface area contributed by atoms with Crippen molar-refractivity contribution in [1.29, 1.82) is 0 Å². The maximum atomic E-state index is 12.8. The maximum absolute atomic E-state index is 12.8. The number of morpholine rings is 1. The number of aromatic nitrogens is 3. The van der Waals surface area contributed by atoms with Crippen LogP contribution in [0.25, 0.3) is 0 Å². The molecule has 8 heteroatoms. The number of nitrogens with one attached hydrogen (secondary N) is 1. The van der Waals surface area contributed by atoms with Crippen molar-refractivity contribution in [3.05, 3.63) is 46.9 Å². The molecular weight excluding hydrogens is 356 g/mol. The van der Waals surface area contributed by atoms with Gasteiger partial charge in [0.25, 0.3) is 0 Å². The highest BCUT2D eigenvalue weighted by Crippen LogP contribution is 2.46. The molecule has 2 aromatic rings. The lowest BCUT2D eigenvalue weighted by Gasteiger charge is -2.35. The second kappa shape index (κ2) is 6.87. The minimum atomic E-state index is -0.286. The molecule has 2 aromatic heterocycles. The zero-order chi connectivity index (χ0) is 19.1. The fourth-order valence-electron chi connectivity index (χ4n) is 4.25. The van der Waals surface area contributed by atoms with Crippen LogP contribution in [0.5, 0.6) is 0 Å². The quantitative estimate of drug-likeness (QED) is 0.816. The second-order valence-corrected chi connectivity index (χ2v) is 7.28. The van der Waals surface area contributed by atoms with Crippen molar-refractivity contribution < 1.29 is 9.53 Å². The molecule has 0 unspecified atom stereocenters. The number of allylic oxidation sites excluding steroid dienone is 2. The van der Waals surface area contributed by atoms with Crippen molar-refractivity contribution in [2.24, 2.45) is 0 Å². The lowest BCUT2D eigenvalue weighted by atomic mass is 9.77. The van der Waals surface area contributed by atoms with Gasteiger partial charge in [0.15, 0.2) is 5.78 Å². The third-order valence-electron chi connectivity index (χ3n) is 5.58. The smallest absolute Gasteiger partial charge is 0.229 e. The fourth-order valence-corrected chi connectivity index (χ4v) is 4.25. The molecular formula is C20H22N6O2. The molecule has 1 fully saturated rings. The number of carbonyl (C=O) groups excluding carboxylic acids is 1. The second-order valence-electron chi connectivity index (χ2n) is 7.28. The van der Waals surface area contributed by atoms with Crippen LogP contribution in [0.4, 0.5) is 17.6 Å². The Balaban J connectivity index is 1.66. The van der Waals surface area contributed by atoms with Gasteiger partial charge in [-0.15, -0.1) is 0 Å². The number of nitrogen functional groups attached to an aromatic ring is 1. The number of fused-ring (bicyclic) bond motifs is 1. The van der Waals surface area contributed by atoms with Crippen LogP contribution >= 0.6 is 0 Å². The summed E-state index contributed by atoms with van der Waals surface area (Å²) in [5, 5.41) is 3.40. The summed E-state index contributed by atoms with van der Waals surface area (Å²) in [6.45, 7) is 2.76. The van der Waals surface area contributed by atoms with E-state index >= 15 is 0 Å². The number of hydrogen-bond acceptors (Lipinski definition) is 8. The average Bonchev–Trinajstić information content (AvgIpc) is 2.73. The molecule has 144 valence electrons. The van der Waals surface area contributed by atoms with Gasteiger partial charge in [0.1, 0.15) is 11.6 Å². The Morgan fingerprint density at radius 1 is 1.21 bits per heavy atom. The van der Waals surface area contributed by atoms with E-state index in [0.717, 1.165) is 48.3 Å². The number of ether oxygens (including phenoxy) is 1. The summed E-state index contributed by atoms with van der Waals surface area (Å²) in [6.07, 6.45) is 5.75. The zero-order valence-corrected chi connectivity index (χ0v) is 15.5. The van der Waals surface area contributed by atoms with Crippen molar-refractivity contribution in [3.63, 3.8) is 0 Å². The van der Waals surface area contributed by atoms with Gasteiger partial charge in [-0.25, -0.2) is 0 Å². The normalized spacial score (nSPS) is 21.8. The van der Waals surface area contributed by atoms with Gasteiger partial charge < -0.3 is 20.7 Å². The number of ketones is 1. The molecule has 1 atom stereocenters. The van der Waals surface area contributed by atoms with Gasteiger partial charge in [0.2, 0.25) is 5.95 Å². The van der Waals surface area contributed by atoms with E-state index in [1.54, 1.807) is 12.4 Å². The standard InChI is InChI=1S/C20H22N6O2/c21-18-17-15(12-3-2-6-22-11-12)16-13(4-1-5-14(16)27)23-19(17)25-20(24-18)26-7-9-28-10-8-26/h2-3,6,11,15H,1,4-5,7-10H2,(H3,21,23,24,25)/t15-/m1/s1. The van der Waals surface area contributed by atoms with Crippen molar-refractivity contribution in [3.8, 4) is 0 Å². The Morgan fingerprint density at radius 3 is 2.86 bits per heavy atom. The first-order chi connectivity index (χ1) is 13.7. The number of hydrogen-bond donors (Lipinski definition) is 2. The van der Waals surface area contributed by atoms with Gasteiger partial charge in [-0.2, -0.15) is 9.97 Å². The van der Waals surface area contributed by atoms with Gasteiger partial charge in [0, 0.05) is 54.7 Å². The first kappa shape index (κ1) is 17.1. The molecule has 0 saturated carbocycles. The number of anilines is 3. The zero-order valence-electron chi connectivity index (χ0n) is 15.5. The highest BCUT2D eigenvalue weighted by atomic mass is 16.5. The van der Waals surface area contributed by atoms with E-state index < -0.39 is 0 Å². The fraction of sp³-hybridized carbons (Fsp3) is 0.400. The number of pyridine rings is 1. The van der Waals surface area contributed by atoms with E-state index in [1.165, 1.54) is 0 Å². The maximum Gasteiger partial charge on any atom is 0.229 e. The molecule has 4 heterocycles. The molecule has 3 N–H and O–H groups in total. The molecule has 28 heavy (non-hydrogen) atoms. The largest absolute Gasteiger partial charge is 0.383 e. The highest BCUT2D eigenvalue weighted by Gasteiger charge is 2.38. The summed E-state index contributed by atoms with van der Waals surface area (Å²) in [5.74, 6) is 1.56. The predicted molar refractivity (Wildman–Crippen MR) is 105 cm³/mol. The summed E-state index contributed by atoms with van der Waals surface area (Å²) >= 11 is 0. The van der Waals surface area contributed by atoms with E-state index in [-0.39, 0.29) is 11.7 Å². The van der Waals surface area contributed by atoms with Gasteiger partial charge in [0.05, 0.1) is 13.2 Å². The average molecular weight is 378 g/mol. The Bertz CT molecular complexity index is 953. The summed E-state index contributed by atoms with van der Waals surface area (Å²) in [6, 6.07) is 3.86. The minimum absolute atomic E-state index is 0.157. The van der Waals surface area contributed by atoms with Crippen molar-refractivity contribution in [2.75, 3.05) is 42.3 Å². The molecule has 0 bridgehead atoms. The lowest BCUT2D eigenvalue weighted by Crippen LogP contribution is -2.38. The van der Waals surface area contributed by atoms with Crippen LogP contribution in [0.1, 0.15) is 36.3 Å². The molecule has 8 nitrogen and oxygen atoms in total. The molecule has 0 amide bonds. The minimum Gasteiger partial charge on any atom is -0.383 e. The molecule has 0 aromatic carbocycles. The van der Waals surface area contributed by atoms with Crippen molar-refractivity contribution in [2.45, 2.75) is 25.2 Å². The molecule has 2 aliphatic heterocycles. The number of carbonyl (C=O) groups is 1. The molecule has 0 spiro atoms. The SMILES string of the molecule is Nc1nc(N2CCOCC2)nc2c1[C@H](c1cccnc1)C1=C(CCCC1=O)N2.